The van der Waals surface area contributed by atoms with E-state index >= 15 is 0 Å². The number of hydrogen-bond acceptors (Lipinski definition) is 3. The SMILES string of the molecule is CNC/C(=C/C(=O)O)C(=O)NC. The molecule has 5 nitrogen and oxygen atoms in total. The average molecular weight is 172 g/mol. The van der Waals surface area contributed by atoms with E-state index in [0.717, 1.165) is 6.08 Å². The van der Waals surface area contributed by atoms with Crippen molar-refractivity contribution in [3.05, 3.63) is 11.6 Å². The van der Waals surface area contributed by atoms with Crippen molar-refractivity contribution >= 4 is 11.9 Å². The number of carboxylic acids is 1. The first-order valence-corrected chi connectivity index (χ1v) is 3.42. The monoisotopic (exact) mass is 172 g/mol. The lowest BCUT2D eigenvalue weighted by Gasteiger charge is -2.02. The van der Waals surface area contributed by atoms with Gasteiger partial charge in [0, 0.05) is 25.2 Å². The second-order valence-corrected chi connectivity index (χ2v) is 2.12. The molecule has 0 aliphatic heterocycles. The first-order chi connectivity index (χ1) is 5.61. The van der Waals surface area contributed by atoms with Gasteiger partial charge in [-0.1, -0.05) is 0 Å². The molecule has 0 fully saturated rings. The van der Waals surface area contributed by atoms with Gasteiger partial charge in [-0.25, -0.2) is 4.79 Å². The number of carboxylic acid groups (broad SMARTS) is 1. The van der Waals surface area contributed by atoms with Crippen molar-refractivity contribution in [2.75, 3.05) is 20.6 Å². The minimum absolute atomic E-state index is 0.201. The second kappa shape index (κ2) is 5.31. The summed E-state index contributed by atoms with van der Waals surface area (Å²) >= 11 is 0. The fourth-order valence-electron chi connectivity index (χ4n) is 0.697. The molecule has 0 bridgehead atoms. The van der Waals surface area contributed by atoms with Crippen LogP contribution < -0.4 is 10.6 Å². The highest BCUT2D eigenvalue weighted by Crippen LogP contribution is 1.91. The summed E-state index contributed by atoms with van der Waals surface area (Å²) in [6.45, 7) is 0.242. The zero-order chi connectivity index (χ0) is 9.56. The van der Waals surface area contributed by atoms with Crippen LogP contribution in [-0.2, 0) is 9.59 Å². The number of hydrogen-bond donors (Lipinski definition) is 3. The Bertz CT molecular complexity index is 211. The number of carbonyl (C=O) groups excluding carboxylic acids is 1. The average Bonchev–Trinajstić information content (AvgIpc) is 2.01. The molecule has 0 rings (SSSR count). The maximum absolute atomic E-state index is 11.0. The van der Waals surface area contributed by atoms with Crippen molar-refractivity contribution < 1.29 is 14.7 Å². The fraction of sp³-hybridized carbons (Fsp3) is 0.429. The van der Waals surface area contributed by atoms with Crippen molar-refractivity contribution in [2.45, 2.75) is 0 Å². The maximum atomic E-state index is 11.0. The Morgan fingerprint density at radius 2 is 2.00 bits per heavy atom. The van der Waals surface area contributed by atoms with E-state index in [4.69, 9.17) is 5.11 Å². The Labute approximate surface area is 70.5 Å². The van der Waals surface area contributed by atoms with Gasteiger partial charge in [-0.3, -0.25) is 4.79 Å². The lowest BCUT2D eigenvalue weighted by Crippen LogP contribution is -2.26. The quantitative estimate of drug-likeness (QED) is 0.473. The number of nitrogens with one attached hydrogen (secondary N) is 2. The van der Waals surface area contributed by atoms with Gasteiger partial charge in [0.25, 0.3) is 0 Å². The minimum Gasteiger partial charge on any atom is -0.478 e. The molecule has 1 amide bonds. The standard InChI is InChI=1S/C7H12N2O3/c1-8-4-5(3-6(10)11)7(12)9-2/h3,8H,4H2,1-2H3,(H,9,12)(H,10,11)/b5-3-. The zero-order valence-corrected chi connectivity index (χ0v) is 7.05. The molecule has 0 heterocycles. The van der Waals surface area contributed by atoms with Crippen LogP contribution >= 0.6 is 0 Å². The normalized spacial score (nSPS) is 11.0. The van der Waals surface area contributed by atoms with Crippen LogP contribution in [0.1, 0.15) is 0 Å². The largest absolute Gasteiger partial charge is 0.478 e. The summed E-state index contributed by atoms with van der Waals surface area (Å²) < 4.78 is 0. The van der Waals surface area contributed by atoms with Gasteiger partial charge >= 0.3 is 5.97 Å². The summed E-state index contributed by atoms with van der Waals surface area (Å²) in [7, 11) is 3.09. The zero-order valence-electron chi connectivity index (χ0n) is 7.05. The van der Waals surface area contributed by atoms with Crippen LogP contribution in [0.15, 0.2) is 11.6 Å². The minimum atomic E-state index is -1.12. The van der Waals surface area contributed by atoms with E-state index in [1.165, 1.54) is 7.05 Å². The molecule has 12 heavy (non-hydrogen) atoms. The van der Waals surface area contributed by atoms with Crippen LogP contribution in [0.4, 0.5) is 0 Å². The van der Waals surface area contributed by atoms with E-state index in [2.05, 4.69) is 10.6 Å². The third kappa shape index (κ3) is 3.72. The van der Waals surface area contributed by atoms with Crippen LogP contribution in [0.3, 0.4) is 0 Å². The summed E-state index contributed by atoms with van der Waals surface area (Å²) in [4.78, 5) is 21.2. The number of carbonyl (C=O) groups is 2. The summed E-state index contributed by atoms with van der Waals surface area (Å²) in [5, 5.41) is 13.4. The van der Waals surface area contributed by atoms with E-state index in [0.29, 0.717) is 0 Å². The lowest BCUT2D eigenvalue weighted by atomic mass is 10.2. The Hall–Kier alpha value is -1.36. The van der Waals surface area contributed by atoms with Crippen molar-refractivity contribution in [3.8, 4) is 0 Å². The molecular formula is C7H12N2O3. The lowest BCUT2D eigenvalue weighted by molar-refractivity contribution is -0.131. The van der Waals surface area contributed by atoms with Gasteiger partial charge in [0.05, 0.1) is 0 Å². The van der Waals surface area contributed by atoms with E-state index in [-0.39, 0.29) is 18.0 Å². The molecule has 68 valence electrons. The predicted molar refractivity (Wildman–Crippen MR) is 43.7 cm³/mol. The third-order valence-electron chi connectivity index (χ3n) is 1.18. The first-order valence-electron chi connectivity index (χ1n) is 3.42. The molecule has 0 aromatic heterocycles. The van der Waals surface area contributed by atoms with Gasteiger partial charge in [0.15, 0.2) is 0 Å². The predicted octanol–water partition coefficient (Wildman–Crippen LogP) is -1.04. The molecular weight excluding hydrogens is 160 g/mol. The summed E-state index contributed by atoms with van der Waals surface area (Å²) in [5.74, 6) is -1.50. The molecule has 0 unspecified atom stereocenters. The first kappa shape index (κ1) is 10.6. The molecule has 5 heteroatoms. The highest BCUT2D eigenvalue weighted by Gasteiger charge is 2.07. The van der Waals surface area contributed by atoms with Gasteiger partial charge < -0.3 is 15.7 Å². The molecule has 0 radical (unpaired) electrons. The molecule has 0 saturated heterocycles. The summed E-state index contributed by atoms with van der Waals surface area (Å²) in [5.41, 5.74) is 0.201. The molecule has 0 aromatic rings. The molecule has 0 aromatic carbocycles. The maximum Gasteiger partial charge on any atom is 0.328 e. The van der Waals surface area contributed by atoms with E-state index in [9.17, 15) is 9.59 Å². The van der Waals surface area contributed by atoms with Crippen LogP contribution in [0, 0.1) is 0 Å². The van der Waals surface area contributed by atoms with Crippen molar-refractivity contribution in [2.24, 2.45) is 0 Å². The van der Waals surface area contributed by atoms with Crippen molar-refractivity contribution in [1.82, 2.24) is 10.6 Å². The van der Waals surface area contributed by atoms with E-state index in [1.54, 1.807) is 7.05 Å². The molecule has 0 aliphatic carbocycles. The Morgan fingerprint density at radius 1 is 1.42 bits per heavy atom. The van der Waals surface area contributed by atoms with E-state index < -0.39 is 5.97 Å². The molecule has 0 aliphatic rings. The number of amides is 1. The summed E-state index contributed by atoms with van der Waals surface area (Å²) in [6.07, 6.45) is 0.884. The number of rotatable bonds is 4. The highest BCUT2D eigenvalue weighted by molar-refractivity contribution is 5.99. The fourth-order valence-corrected chi connectivity index (χ4v) is 0.697. The van der Waals surface area contributed by atoms with Crippen LogP contribution in [0.2, 0.25) is 0 Å². The van der Waals surface area contributed by atoms with Crippen molar-refractivity contribution in [3.63, 3.8) is 0 Å². The number of aliphatic carboxylic acids is 1. The Kier molecular flexibility index (Phi) is 4.71. The van der Waals surface area contributed by atoms with Gasteiger partial charge in [-0.2, -0.15) is 0 Å². The number of likely N-dealkylation sites (N-methyl/N-ethyl adjacent to an activating group) is 2. The van der Waals surface area contributed by atoms with Crippen LogP contribution in [0.25, 0.3) is 0 Å². The van der Waals surface area contributed by atoms with Crippen LogP contribution in [0.5, 0.6) is 0 Å². The van der Waals surface area contributed by atoms with Gasteiger partial charge in [0.1, 0.15) is 0 Å². The van der Waals surface area contributed by atoms with Gasteiger partial charge in [0.2, 0.25) is 5.91 Å². The molecule has 0 spiro atoms. The van der Waals surface area contributed by atoms with Crippen molar-refractivity contribution in [1.29, 1.82) is 0 Å². The molecule has 0 atom stereocenters. The third-order valence-corrected chi connectivity index (χ3v) is 1.18. The molecule has 0 saturated carbocycles. The Morgan fingerprint density at radius 3 is 2.33 bits per heavy atom. The molecule has 3 N–H and O–H groups in total. The smallest absolute Gasteiger partial charge is 0.328 e. The summed E-state index contributed by atoms with van der Waals surface area (Å²) in [6, 6.07) is 0. The highest BCUT2D eigenvalue weighted by atomic mass is 16.4. The Balaban J connectivity index is 4.42. The van der Waals surface area contributed by atoms with Crippen LogP contribution in [-0.4, -0.2) is 37.6 Å². The van der Waals surface area contributed by atoms with Gasteiger partial charge in [-0.05, 0) is 7.05 Å². The van der Waals surface area contributed by atoms with E-state index in [1.807, 2.05) is 0 Å². The van der Waals surface area contributed by atoms with Gasteiger partial charge in [-0.15, -0.1) is 0 Å². The topological polar surface area (TPSA) is 78.4 Å². The second-order valence-electron chi connectivity index (χ2n) is 2.12.